The average Bonchev–Trinajstić information content (AvgIpc) is 3.15. The molecule has 1 aromatic carbocycles. The third-order valence-corrected chi connectivity index (χ3v) is 5.85. The molecule has 2 aromatic rings. The van der Waals surface area contributed by atoms with E-state index in [0.29, 0.717) is 24.9 Å². The van der Waals surface area contributed by atoms with E-state index in [1.54, 1.807) is 0 Å². The molecule has 1 heterocycles. The minimum atomic E-state index is -3.78. The first kappa shape index (κ1) is 18.6. The zero-order chi connectivity index (χ0) is 18.7. The minimum Gasteiger partial charge on any atom is -0.464 e. The molecule has 26 heavy (non-hydrogen) atoms. The monoisotopic (exact) mass is 379 g/mol. The first-order valence-corrected chi connectivity index (χ1v) is 9.88. The Morgan fingerprint density at radius 3 is 2.73 bits per heavy atom. The lowest BCUT2D eigenvalue weighted by Gasteiger charge is -2.07. The molecule has 1 saturated carbocycles. The van der Waals surface area contributed by atoms with E-state index in [1.165, 1.54) is 24.6 Å². The highest BCUT2D eigenvalue weighted by Gasteiger charge is 2.36. The lowest BCUT2D eigenvalue weighted by atomic mass is 10.3. The zero-order valence-electron chi connectivity index (χ0n) is 14.3. The third-order valence-electron chi connectivity index (χ3n) is 4.39. The Kier molecular flexibility index (Phi) is 5.40. The minimum absolute atomic E-state index is 0.124. The molecule has 0 aliphatic heterocycles. The van der Waals surface area contributed by atoms with Crippen LogP contribution in [0, 0.1) is 16.0 Å². The number of benzene rings is 1. The number of nitrogens with one attached hydrogen (secondary N) is 2. The number of hydrogen-bond donors (Lipinski definition) is 2. The van der Waals surface area contributed by atoms with Crippen molar-refractivity contribution in [3.8, 4) is 0 Å². The fourth-order valence-corrected chi connectivity index (χ4v) is 3.81. The van der Waals surface area contributed by atoms with Crippen LogP contribution in [0.3, 0.4) is 0 Å². The summed E-state index contributed by atoms with van der Waals surface area (Å²) >= 11 is 0. The molecule has 2 unspecified atom stereocenters. The van der Waals surface area contributed by atoms with Crippen LogP contribution >= 0.6 is 0 Å². The van der Waals surface area contributed by atoms with E-state index < -0.39 is 14.9 Å². The van der Waals surface area contributed by atoms with Gasteiger partial charge in [0.1, 0.15) is 11.5 Å². The number of hydrogen-bond acceptors (Lipinski definition) is 6. The van der Waals surface area contributed by atoms with Crippen LogP contribution in [0.15, 0.2) is 45.7 Å². The molecule has 1 fully saturated rings. The fraction of sp³-hybridized carbons (Fsp3) is 0.412. The van der Waals surface area contributed by atoms with Crippen molar-refractivity contribution in [3.63, 3.8) is 0 Å². The molecule has 0 bridgehead atoms. The predicted molar refractivity (Wildman–Crippen MR) is 95.2 cm³/mol. The lowest BCUT2D eigenvalue weighted by Crippen LogP contribution is -2.31. The quantitative estimate of drug-likeness (QED) is 0.393. The standard InChI is InChI=1S/C17H21N3O5S/c1-12-9-16(12)17-6-5-14(25-17)11-18-7-8-19-26(23,24)15-4-2-3-13(10-15)20(21)22/h2-6,10,12,16,18-19H,7-9,11H2,1H3. The van der Waals surface area contributed by atoms with Gasteiger partial charge in [-0.05, 0) is 30.5 Å². The number of nitro benzene ring substituents is 1. The number of furan rings is 1. The maximum absolute atomic E-state index is 12.2. The maximum Gasteiger partial charge on any atom is 0.270 e. The van der Waals surface area contributed by atoms with Crippen molar-refractivity contribution in [1.82, 2.24) is 10.0 Å². The third kappa shape index (κ3) is 4.48. The SMILES string of the molecule is CC1CC1c1ccc(CNCCNS(=O)(=O)c2cccc([N+](=O)[O-])c2)o1. The molecule has 1 aromatic heterocycles. The molecule has 0 radical (unpaired) electrons. The molecule has 2 N–H and O–H groups in total. The number of non-ortho nitro benzene ring substituents is 1. The molecule has 2 atom stereocenters. The Morgan fingerprint density at radius 1 is 1.27 bits per heavy atom. The van der Waals surface area contributed by atoms with Crippen LogP contribution in [0.4, 0.5) is 5.69 Å². The molecule has 1 aliphatic rings. The van der Waals surface area contributed by atoms with E-state index in [2.05, 4.69) is 17.0 Å². The molecule has 0 saturated heterocycles. The van der Waals surface area contributed by atoms with Crippen LogP contribution < -0.4 is 10.0 Å². The zero-order valence-corrected chi connectivity index (χ0v) is 15.2. The first-order chi connectivity index (χ1) is 12.4. The van der Waals surface area contributed by atoms with E-state index in [4.69, 9.17) is 4.42 Å². The first-order valence-electron chi connectivity index (χ1n) is 8.40. The highest BCUT2D eigenvalue weighted by Crippen LogP contribution is 2.47. The van der Waals surface area contributed by atoms with Crippen molar-refractivity contribution in [2.24, 2.45) is 5.92 Å². The molecule has 140 valence electrons. The van der Waals surface area contributed by atoms with Gasteiger partial charge < -0.3 is 9.73 Å². The second kappa shape index (κ2) is 7.56. The Balaban J connectivity index is 1.44. The largest absolute Gasteiger partial charge is 0.464 e. The summed E-state index contributed by atoms with van der Waals surface area (Å²) in [7, 11) is -3.78. The number of nitro groups is 1. The maximum atomic E-state index is 12.2. The highest BCUT2D eigenvalue weighted by molar-refractivity contribution is 7.89. The van der Waals surface area contributed by atoms with Gasteiger partial charge in [-0.2, -0.15) is 0 Å². The van der Waals surface area contributed by atoms with Crippen molar-refractivity contribution >= 4 is 15.7 Å². The summed E-state index contributed by atoms with van der Waals surface area (Å²) < 4.78 is 32.5. The van der Waals surface area contributed by atoms with Crippen LogP contribution in [0.25, 0.3) is 0 Å². The van der Waals surface area contributed by atoms with E-state index in [9.17, 15) is 18.5 Å². The molecule has 0 amide bonds. The topological polar surface area (TPSA) is 114 Å². The Labute approximate surface area is 151 Å². The average molecular weight is 379 g/mol. The highest BCUT2D eigenvalue weighted by atomic mass is 32.2. The van der Waals surface area contributed by atoms with Crippen molar-refractivity contribution in [2.45, 2.75) is 30.7 Å². The van der Waals surface area contributed by atoms with Crippen LogP contribution in [-0.2, 0) is 16.6 Å². The number of rotatable bonds is 9. The summed E-state index contributed by atoms with van der Waals surface area (Å²) in [4.78, 5) is 10.0. The van der Waals surface area contributed by atoms with Gasteiger partial charge in [-0.15, -0.1) is 0 Å². The van der Waals surface area contributed by atoms with Crippen molar-refractivity contribution < 1.29 is 17.8 Å². The summed E-state index contributed by atoms with van der Waals surface area (Å²) in [6.07, 6.45) is 1.17. The molecule has 9 heteroatoms. The van der Waals surface area contributed by atoms with E-state index in [-0.39, 0.29) is 17.1 Å². The normalized spacial score (nSPS) is 19.4. The Hall–Kier alpha value is -2.23. The second-order valence-electron chi connectivity index (χ2n) is 6.45. The van der Waals surface area contributed by atoms with Crippen LogP contribution in [0.1, 0.15) is 30.8 Å². The predicted octanol–water partition coefficient (Wildman–Crippen LogP) is 2.38. The molecule has 8 nitrogen and oxygen atoms in total. The van der Waals surface area contributed by atoms with Gasteiger partial charge in [0, 0.05) is 31.1 Å². The van der Waals surface area contributed by atoms with Crippen molar-refractivity contribution in [3.05, 3.63) is 58.0 Å². The molecule has 1 aliphatic carbocycles. The fourth-order valence-electron chi connectivity index (χ4n) is 2.74. The molecular formula is C17H21N3O5S. The molecule has 3 rings (SSSR count). The summed E-state index contributed by atoms with van der Waals surface area (Å²) in [5.41, 5.74) is -0.260. The van der Waals surface area contributed by atoms with Crippen LogP contribution in [0.2, 0.25) is 0 Å². The summed E-state index contributed by atoms with van der Waals surface area (Å²) in [6.45, 7) is 3.28. The van der Waals surface area contributed by atoms with Gasteiger partial charge in [-0.3, -0.25) is 10.1 Å². The van der Waals surface area contributed by atoms with Gasteiger partial charge in [-0.1, -0.05) is 13.0 Å². The van der Waals surface area contributed by atoms with Crippen LogP contribution in [0.5, 0.6) is 0 Å². The van der Waals surface area contributed by atoms with Crippen molar-refractivity contribution in [1.29, 1.82) is 0 Å². The van der Waals surface area contributed by atoms with Gasteiger partial charge in [0.15, 0.2) is 0 Å². The van der Waals surface area contributed by atoms with Crippen LogP contribution in [-0.4, -0.2) is 26.4 Å². The van der Waals surface area contributed by atoms with E-state index in [0.717, 1.165) is 17.6 Å². The lowest BCUT2D eigenvalue weighted by molar-refractivity contribution is -0.385. The van der Waals surface area contributed by atoms with Gasteiger partial charge in [-0.25, -0.2) is 13.1 Å². The summed E-state index contributed by atoms with van der Waals surface area (Å²) in [6, 6.07) is 8.89. The number of nitrogens with zero attached hydrogens (tertiary/aromatic N) is 1. The Morgan fingerprint density at radius 2 is 2.04 bits per heavy atom. The summed E-state index contributed by atoms with van der Waals surface area (Å²) in [5, 5.41) is 13.9. The number of sulfonamides is 1. The summed E-state index contributed by atoms with van der Waals surface area (Å²) in [5.74, 6) is 3.05. The second-order valence-corrected chi connectivity index (χ2v) is 8.22. The molecular weight excluding hydrogens is 358 g/mol. The van der Waals surface area contributed by atoms with Crippen molar-refractivity contribution in [2.75, 3.05) is 13.1 Å². The van der Waals surface area contributed by atoms with Gasteiger partial charge in [0.05, 0.1) is 16.4 Å². The van der Waals surface area contributed by atoms with Gasteiger partial charge in [0.25, 0.3) is 5.69 Å². The van der Waals surface area contributed by atoms with E-state index in [1.807, 2.05) is 12.1 Å². The van der Waals surface area contributed by atoms with E-state index >= 15 is 0 Å². The molecule has 0 spiro atoms. The Bertz CT molecular complexity index is 893. The smallest absolute Gasteiger partial charge is 0.270 e. The van der Waals surface area contributed by atoms with Gasteiger partial charge in [0.2, 0.25) is 10.0 Å². The van der Waals surface area contributed by atoms with Gasteiger partial charge >= 0.3 is 0 Å².